The van der Waals surface area contributed by atoms with Crippen molar-refractivity contribution in [1.29, 1.82) is 0 Å². The van der Waals surface area contributed by atoms with Crippen molar-refractivity contribution in [2.75, 3.05) is 5.73 Å². The van der Waals surface area contributed by atoms with Gasteiger partial charge in [0.25, 0.3) is 0 Å². The highest BCUT2D eigenvalue weighted by Crippen LogP contribution is 2.41. The van der Waals surface area contributed by atoms with Crippen molar-refractivity contribution in [3.8, 4) is 11.4 Å². The Morgan fingerprint density at radius 2 is 1.95 bits per heavy atom. The van der Waals surface area contributed by atoms with Gasteiger partial charge in [0.1, 0.15) is 5.82 Å². The number of hydrogen-bond acceptors (Lipinski definition) is 2. The van der Waals surface area contributed by atoms with Crippen LogP contribution in [0.25, 0.3) is 22.4 Å². The third kappa shape index (κ3) is 1.78. The van der Waals surface area contributed by atoms with Crippen molar-refractivity contribution in [1.82, 2.24) is 9.55 Å². The van der Waals surface area contributed by atoms with Crippen LogP contribution in [-0.4, -0.2) is 9.55 Å². The summed E-state index contributed by atoms with van der Waals surface area (Å²) >= 11 is 6.01. The van der Waals surface area contributed by atoms with Gasteiger partial charge in [0, 0.05) is 11.6 Å². The van der Waals surface area contributed by atoms with E-state index >= 15 is 0 Å². The molecule has 1 aliphatic carbocycles. The first kappa shape index (κ1) is 11.8. The molecule has 0 amide bonds. The van der Waals surface area contributed by atoms with Crippen LogP contribution in [0.1, 0.15) is 18.9 Å². The van der Waals surface area contributed by atoms with E-state index in [1.54, 1.807) is 0 Å². The summed E-state index contributed by atoms with van der Waals surface area (Å²) < 4.78 is 2.33. The van der Waals surface area contributed by atoms with Gasteiger partial charge in [-0.05, 0) is 43.2 Å². The average Bonchev–Trinajstić information content (AvgIpc) is 3.22. The molecule has 2 N–H and O–H groups in total. The summed E-state index contributed by atoms with van der Waals surface area (Å²) in [5.41, 5.74) is 9.77. The quantitative estimate of drug-likeness (QED) is 0.714. The molecule has 3 aromatic rings. The number of benzene rings is 2. The first-order chi connectivity index (χ1) is 9.74. The minimum Gasteiger partial charge on any atom is -0.398 e. The number of nitrogen functional groups attached to an aromatic ring is 1. The van der Waals surface area contributed by atoms with Crippen LogP contribution in [0, 0.1) is 0 Å². The van der Waals surface area contributed by atoms with E-state index in [-0.39, 0.29) is 0 Å². The standard InChI is InChI=1S/C16H14ClN3/c17-12-8-5-10(9-13(12)18)16-19-14-3-1-2-4-15(14)20(16)11-6-7-11/h1-5,8-9,11H,6-7,18H2. The Bertz CT molecular complexity index is 803. The molecule has 0 atom stereocenters. The fourth-order valence-corrected chi connectivity index (χ4v) is 2.75. The summed E-state index contributed by atoms with van der Waals surface area (Å²) in [6, 6.07) is 14.6. The molecule has 1 fully saturated rings. The molecule has 100 valence electrons. The van der Waals surface area contributed by atoms with Crippen molar-refractivity contribution >= 4 is 28.3 Å². The van der Waals surface area contributed by atoms with E-state index in [4.69, 9.17) is 22.3 Å². The van der Waals surface area contributed by atoms with Crippen LogP contribution in [0.4, 0.5) is 5.69 Å². The van der Waals surface area contributed by atoms with Gasteiger partial charge in [-0.1, -0.05) is 23.7 Å². The van der Waals surface area contributed by atoms with Crippen molar-refractivity contribution in [2.45, 2.75) is 18.9 Å². The maximum atomic E-state index is 6.01. The molecule has 0 saturated heterocycles. The lowest BCUT2D eigenvalue weighted by atomic mass is 10.2. The lowest BCUT2D eigenvalue weighted by Crippen LogP contribution is -1.98. The minimum absolute atomic E-state index is 0.564. The lowest BCUT2D eigenvalue weighted by Gasteiger charge is -2.08. The summed E-state index contributed by atoms with van der Waals surface area (Å²) in [6.45, 7) is 0. The summed E-state index contributed by atoms with van der Waals surface area (Å²) in [6.07, 6.45) is 2.44. The fraction of sp³-hybridized carbons (Fsp3) is 0.188. The number of aromatic nitrogens is 2. The molecule has 1 aliphatic rings. The SMILES string of the molecule is Nc1cc(-c2nc3ccccc3n2C2CC2)ccc1Cl. The van der Waals surface area contributed by atoms with Gasteiger partial charge in [-0.25, -0.2) is 4.98 Å². The van der Waals surface area contributed by atoms with E-state index in [9.17, 15) is 0 Å². The molecule has 1 aromatic heterocycles. The maximum Gasteiger partial charge on any atom is 0.141 e. The molecule has 0 unspecified atom stereocenters. The summed E-state index contributed by atoms with van der Waals surface area (Å²) in [4.78, 5) is 4.78. The highest BCUT2D eigenvalue weighted by Gasteiger charge is 2.28. The van der Waals surface area contributed by atoms with Gasteiger partial charge in [-0.2, -0.15) is 0 Å². The molecule has 20 heavy (non-hydrogen) atoms. The van der Waals surface area contributed by atoms with E-state index in [0.717, 1.165) is 16.9 Å². The van der Waals surface area contributed by atoms with Crippen LogP contribution < -0.4 is 5.73 Å². The van der Waals surface area contributed by atoms with Gasteiger partial charge in [0.05, 0.1) is 21.7 Å². The van der Waals surface area contributed by atoms with Gasteiger partial charge in [0.2, 0.25) is 0 Å². The van der Waals surface area contributed by atoms with Gasteiger partial charge >= 0.3 is 0 Å². The van der Waals surface area contributed by atoms with E-state index in [2.05, 4.69) is 22.8 Å². The number of para-hydroxylation sites is 2. The second-order valence-electron chi connectivity index (χ2n) is 5.26. The maximum absolute atomic E-state index is 6.01. The molecule has 3 nitrogen and oxygen atoms in total. The molecule has 2 aromatic carbocycles. The third-order valence-corrected chi connectivity index (χ3v) is 4.11. The Kier molecular flexibility index (Phi) is 2.51. The molecule has 0 bridgehead atoms. The third-order valence-electron chi connectivity index (χ3n) is 3.76. The van der Waals surface area contributed by atoms with Crippen LogP contribution >= 0.6 is 11.6 Å². The number of fused-ring (bicyclic) bond motifs is 1. The van der Waals surface area contributed by atoms with Crippen molar-refractivity contribution in [3.63, 3.8) is 0 Å². The minimum atomic E-state index is 0.564. The molecular formula is C16H14ClN3. The molecule has 4 rings (SSSR count). The van der Waals surface area contributed by atoms with Crippen molar-refractivity contribution in [3.05, 3.63) is 47.5 Å². The second-order valence-corrected chi connectivity index (χ2v) is 5.67. The molecule has 0 radical (unpaired) electrons. The Hall–Kier alpha value is -2.00. The van der Waals surface area contributed by atoms with Gasteiger partial charge in [-0.15, -0.1) is 0 Å². The molecule has 1 saturated carbocycles. The van der Waals surface area contributed by atoms with E-state index < -0.39 is 0 Å². The molecule has 1 heterocycles. The van der Waals surface area contributed by atoms with Gasteiger partial charge < -0.3 is 10.3 Å². The first-order valence-electron chi connectivity index (χ1n) is 6.76. The smallest absolute Gasteiger partial charge is 0.141 e. The summed E-state index contributed by atoms with van der Waals surface area (Å²) in [5.74, 6) is 0.983. The number of imidazole rings is 1. The topological polar surface area (TPSA) is 43.8 Å². The first-order valence-corrected chi connectivity index (χ1v) is 7.14. The Labute approximate surface area is 122 Å². The lowest BCUT2D eigenvalue weighted by molar-refractivity contribution is 0.775. The number of hydrogen-bond donors (Lipinski definition) is 1. The van der Waals surface area contributed by atoms with Crippen LogP contribution in [0.5, 0.6) is 0 Å². The van der Waals surface area contributed by atoms with Crippen molar-refractivity contribution < 1.29 is 0 Å². The Morgan fingerprint density at radius 1 is 1.15 bits per heavy atom. The number of anilines is 1. The van der Waals surface area contributed by atoms with Crippen LogP contribution in [0.15, 0.2) is 42.5 Å². The molecule has 0 aliphatic heterocycles. The highest BCUT2D eigenvalue weighted by atomic mass is 35.5. The predicted molar refractivity (Wildman–Crippen MR) is 82.9 cm³/mol. The molecule has 4 heteroatoms. The van der Waals surface area contributed by atoms with E-state index in [1.807, 2.05) is 24.3 Å². The number of nitrogens with zero attached hydrogens (tertiary/aromatic N) is 2. The highest BCUT2D eigenvalue weighted by molar-refractivity contribution is 6.33. The predicted octanol–water partition coefficient (Wildman–Crippen LogP) is 4.27. The fourth-order valence-electron chi connectivity index (χ4n) is 2.63. The average molecular weight is 284 g/mol. The van der Waals surface area contributed by atoms with Crippen LogP contribution in [0.2, 0.25) is 5.02 Å². The number of rotatable bonds is 2. The van der Waals surface area contributed by atoms with E-state index in [1.165, 1.54) is 18.4 Å². The largest absolute Gasteiger partial charge is 0.398 e. The molecule has 0 spiro atoms. The molecular weight excluding hydrogens is 270 g/mol. The second kappa shape index (κ2) is 4.25. The summed E-state index contributed by atoms with van der Waals surface area (Å²) in [7, 11) is 0. The summed E-state index contributed by atoms with van der Waals surface area (Å²) in [5, 5.41) is 0.586. The van der Waals surface area contributed by atoms with E-state index in [0.29, 0.717) is 16.8 Å². The Morgan fingerprint density at radius 3 is 2.70 bits per heavy atom. The Balaban J connectivity index is 1.98. The zero-order chi connectivity index (χ0) is 13.7. The zero-order valence-electron chi connectivity index (χ0n) is 10.9. The van der Waals surface area contributed by atoms with Crippen LogP contribution in [-0.2, 0) is 0 Å². The number of nitrogens with two attached hydrogens (primary N) is 1. The monoisotopic (exact) mass is 283 g/mol. The van der Waals surface area contributed by atoms with Crippen LogP contribution in [0.3, 0.4) is 0 Å². The van der Waals surface area contributed by atoms with Crippen molar-refractivity contribution in [2.24, 2.45) is 0 Å². The normalized spacial score (nSPS) is 14.8. The zero-order valence-corrected chi connectivity index (χ0v) is 11.6. The van der Waals surface area contributed by atoms with Gasteiger partial charge in [-0.3, -0.25) is 0 Å². The van der Waals surface area contributed by atoms with Gasteiger partial charge in [0.15, 0.2) is 0 Å². The number of halogens is 1.